The standard InChI is InChI=1S/C10H8O3S.Na/c11-8-3-4-14-9-2-1-6(10(12)13)5-7(8)9;/h1-2,5H,3-4H2,(H,12,13);/q;+1/p-1. The van der Waals surface area contributed by atoms with Crippen LogP contribution in [-0.2, 0) is 0 Å². The maximum absolute atomic E-state index is 11.4. The van der Waals surface area contributed by atoms with Gasteiger partial charge in [0, 0.05) is 22.6 Å². The number of benzene rings is 1. The maximum Gasteiger partial charge on any atom is 1.00 e. The number of aromatic carboxylic acids is 1. The number of ketones is 1. The molecule has 1 aliphatic heterocycles. The van der Waals surface area contributed by atoms with Gasteiger partial charge in [-0.1, -0.05) is 6.07 Å². The van der Waals surface area contributed by atoms with E-state index in [0.29, 0.717) is 12.0 Å². The second-order valence-corrected chi connectivity index (χ2v) is 4.16. The Hall–Kier alpha value is -0.290. The molecule has 5 heteroatoms. The fraction of sp³-hybridized carbons (Fsp3) is 0.200. The first-order chi connectivity index (χ1) is 6.68. The minimum absolute atomic E-state index is 0. The van der Waals surface area contributed by atoms with Crippen molar-refractivity contribution >= 4 is 23.5 Å². The Bertz CT molecular complexity index is 417. The summed E-state index contributed by atoms with van der Waals surface area (Å²) in [6.07, 6.45) is 0.480. The van der Waals surface area contributed by atoms with Gasteiger partial charge in [0.1, 0.15) is 0 Å². The Labute approximate surface area is 114 Å². The average molecular weight is 230 g/mol. The van der Waals surface area contributed by atoms with Gasteiger partial charge in [-0.05, 0) is 17.7 Å². The molecule has 72 valence electrons. The van der Waals surface area contributed by atoms with Gasteiger partial charge >= 0.3 is 29.6 Å². The largest absolute Gasteiger partial charge is 1.00 e. The zero-order valence-electron chi connectivity index (χ0n) is 8.28. The molecule has 1 aliphatic rings. The van der Waals surface area contributed by atoms with E-state index in [1.54, 1.807) is 17.8 Å². The molecular formula is C10H7NaO3S. The first kappa shape index (κ1) is 12.8. The van der Waals surface area contributed by atoms with E-state index in [9.17, 15) is 14.7 Å². The molecule has 15 heavy (non-hydrogen) atoms. The first-order valence-corrected chi connectivity index (χ1v) is 5.18. The van der Waals surface area contributed by atoms with Crippen molar-refractivity contribution in [1.29, 1.82) is 0 Å². The smallest absolute Gasteiger partial charge is 0.545 e. The Morgan fingerprint density at radius 2 is 2.13 bits per heavy atom. The summed E-state index contributed by atoms with van der Waals surface area (Å²) in [7, 11) is 0. The number of carboxylic acids is 1. The molecule has 0 N–H and O–H groups in total. The van der Waals surface area contributed by atoms with E-state index in [4.69, 9.17) is 0 Å². The zero-order valence-corrected chi connectivity index (χ0v) is 11.1. The second kappa shape index (κ2) is 5.16. The fourth-order valence-corrected chi connectivity index (χ4v) is 2.39. The van der Waals surface area contributed by atoms with Gasteiger partial charge in [-0.2, -0.15) is 0 Å². The summed E-state index contributed by atoms with van der Waals surface area (Å²) >= 11 is 1.58. The topological polar surface area (TPSA) is 57.2 Å². The summed E-state index contributed by atoms with van der Waals surface area (Å²) < 4.78 is 0. The number of thioether (sulfide) groups is 1. The van der Waals surface area contributed by atoms with Crippen molar-refractivity contribution in [3.63, 3.8) is 0 Å². The number of fused-ring (bicyclic) bond motifs is 1. The molecule has 1 aromatic rings. The van der Waals surface area contributed by atoms with E-state index in [1.807, 2.05) is 0 Å². The number of Topliss-reactive ketones (excluding diaryl/α,β-unsaturated/α-hetero) is 1. The van der Waals surface area contributed by atoms with Crippen molar-refractivity contribution in [2.24, 2.45) is 0 Å². The van der Waals surface area contributed by atoms with E-state index in [-0.39, 0.29) is 40.9 Å². The number of carboxylic acid groups (broad SMARTS) is 1. The summed E-state index contributed by atoms with van der Waals surface area (Å²) in [6.45, 7) is 0. The molecule has 1 aromatic carbocycles. The molecule has 0 radical (unpaired) electrons. The molecule has 0 saturated carbocycles. The summed E-state index contributed by atoms with van der Waals surface area (Å²) in [5.74, 6) is -0.450. The Morgan fingerprint density at radius 1 is 1.40 bits per heavy atom. The van der Waals surface area contributed by atoms with E-state index >= 15 is 0 Å². The molecule has 3 nitrogen and oxygen atoms in total. The van der Waals surface area contributed by atoms with Gasteiger partial charge in [0.15, 0.2) is 5.78 Å². The third-order valence-corrected chi connectivity index (χ3v) is 3.18. The molecular weight excluding hydrogens is 223 g/mol. The SMILES string of the molecule is O=C([O-])c1ccc2c(c1)C(=O)CCS2.[Na+]. The van der Waals surface area contributed by atoms with Gasteiger partial charge < -0.3 is 9.90 Å². The van der Waals surface area contributed by atoms with Gasteiger partial charge in [-0.25, -0.2) is 0 Å². The predicted octanol–water partition coefficient (Wildman–Crippen LogP) is -2.27. The molecule has 0 saturated heterocycles. The van der Waals surface area contributed by atoms with Crippen LogP contribution in [0.4, 0.5) is 0 Å². The molecule has 0 aliphatic carbocycles. The number of hydrogen-bond donors (Lipinski definition) is 0. The average Bonchev–Trinajstić information content (AvgIpc) is 2.18. The van der Waals surface area contributed by atoms with Crippen molar-refractivity contribution < 1.29 is 44.3 Å². The predicted molar refractivity (Wildman–Crippen MR) is 50.4 cm³/mol. The number of carbonyl (C=O) groups is 2. The molecule has 0 spiro atoms. The van der Waals surface area contributed by atoms with Crippen LogP contribution >= 0.6 is 11.8 Å². The number of hydrogen-bond acceptors (Lipinski definition) is 4. The minimum Gasteiger partial charge on any atom is -0.545 e. The van der Waals surface area contributed by atoms with Gasteiger partial charge in [-0.3, -0.25) is 4.79 Å². The normalized spacial score (nSPS) is 14.0. The second-order valence-electron chi connectivity index (χ2n) is 3.02. The fourth-order valence-electron chi connectivity index (χ4n) is 1.39. The van der Waals surface area contributed by atoms with Gasteiger partial charge in [-0.15, -0.1) is 11.8 Å². The Morgan fingerprint density at radius 3 is 2.80 bits per heavy atom. The molecule has 0 aromatic heterocycles. The minimum atomic E-state index is -1.24. The number of carbonyl (C=O) groups excluding carboxylic acids is 2. The van der Waals surface area contributed by atoms with Crippen molar-refractivity contribution in [2.75, 3.05) is 5.75 Å². The van der Waals surface area contributed by atoms with Crippen LogP contribution in [0.15, 0.2) is 23.1 Å². The van der Waals surface area contributed by atoms with E-state index < -0.39 is 5.97 Å². The first-order valence-electron chi connectivity index (χ1n) is 4.20. The van der Waals surface area contributed by atoms with Crippen LogP contribution in [0.25, 0.3) is 0 Å². The summed E-state index contributed by atoms with van der Waals surface area (Å²) in [5, 5.41) is 10.6. The van der Waals surface area contributed by atoms with Crippen LogP contribution in [-0.4, -0.2) is 17.5 Å². The molecule has 0 unspecified atom stereocenters. The molecule has 0 atom stereocenters. The van der Waals surface area contributed by atoms with Crippen molar-refractivity contribution in [3.05, 3.63) is 29.3 Å². The van der Waals surface area contributed by atoms with E-state index in [1.165, 1.54) is 12.1 Å². The zero-order chi connectivity index (χ0) is 10.1. The van der Waals surface area contributed by atoms with Crippen LogP contribution in [0.5, 0.6) is 0 Å². The van der Waals surface area contributed by atoms with Gasteiger partial charge in [0.2, 0.25) is 0 Å². The molecule has 2 rings (SSSR count). The number of rotatable bonds is 1. The van der Waals surface area contributed by atoms with Gasteiger partial charge in [0.05, 0.1) is 5.97 Å². The summed E-state index contributed by atoms with van der Waals surface area (Å²) in [4.78, 5) is 22.9. The van der Waals surface area contributed by atoms with Crippen molar-refractivity contribution in [3.8, 4) is 0 Å². The van der Waals surface area contributed by atoms with Crippen molar-refractivity contribution in [2.45, 2.75) is 11.3 Å². The third kappa shape index (κ3) is 2.64. The molecule has 0 fully saturated rings. The summed E-state index contributed by atoms with van der Waals surface area (Å²) in [5.41, 5.74) is 0.586. The van der Waals surface area contributed by atoms with Gasteiger partial charge in [0.25, 0.3) is 0 Å². The Kier molecular flexibility index (Phi) is 4.40. The molecule has 1 heterocycles. The third-order valence-electron chi connectivity index (χ3n) is 2.10. The molecule has 0 amide bonds. The van der Waals surface area contributed by atoms with Crippen LogP contribution in [0, 0.1) is 0 Å². The van der Waals surface area contributed by atoms with Crippen LogP contribution < -0.4 is 34.7 Å². The van der Waals surface area contributed by atoms with Crippen LogP contribution in [0.3, 0.4) is 0 Å². The Balaban J connectivity index is 0.00000112. The van der Waals surface area contributed by atoms with Crippen LogP contribution in [0.2, 0.25) is 0 Å². The monoisotopic (exact) mass is 230 g/mol. The van der Waals surface area contributed by atoms with E-state index in [2.05, 4.69) is 0 Å². The van der Waals surface area contributed by atoms with Crippen molar-refractivity contribution in [1.82, 2.24) is 0 Å². The van der Waals surface area contributed by atoms with E-state index in [0.717, 1.165) is 10.6 Å². The molecule has 0 bridgehead atoms. The quantitative estimate of drug-likeness (QED) is 0.511. The van der Waals surface area contributed by atoms with Crippen LogP contribution in [0.1, 0.15) is 27.1 Å². The maximum atomic E-state index is 11.4. The summed E-state index contributed by atoms with van der Waals surface area (Å²) in [6, 6.07) is 4.54.